The molecule has 0 aromatic heterocycles. The van der Waals surface area contributed by atoms with Crippen LogP contribution in [0.5, 0.6) is 0 Å². The van der Waals surface area contributed by atoms with E-state index in [1.165, 1.54) is 57.8 Å². The Morgan fingerprint density at radius 1 is 1.00 bits per heavy atom. The first-order valence-electron chi connectivity index (χ1n) is 17.6. The van der Waals surface area contributed by atoms with Gasteiger partial charge in [0.15, 0.2) is 0 Å². The number of carbonyl (C=O) groups excluding carboxylic acids is 1. The largest absolute Gasteiger partial charge is 0.481 e. The minimum Gasteiger partial charge on any atom is -0.481 e. The Bertz CT molecular complexity index is 918. The molecule has 0 aromatic carbocycles. The summed E-state index contributed by atoms with van der Waals surface area (Å²) in [5.74, 6) is 4.26. The van der Waals surface area contributed by atoms with Crippen LogP contribution in [0.25, 0.3) is 0 Å². The van der Waals surface area contributed by atoms with Gasteiger partial charge >= 0.3 is 5.97 Å². The first-order valence-corrected chi connectivity index (χ1v) is 17.6. The average Bonchev–Trinajstić information content (AvgIpc) is 3.29. The van der Waals surface area contributed by atoms with Gasteiger partial charge in [0.05, 0.1) is 6.54 Å². The van der Waals surface area contributed by atoms with Crippen LogP contribution in [-0.4, -0.2) is 55.9 Å². The number of allylic oxidation sites excluding steroid dienone is 1. The van der Waals surface area contributed by atoms with E-state index >= 15 is 0 Å². The molecule has 0 saturated heterocycles. The third-order valence-corrected chi connectivity index (χ3v) is 11.9. The van der Waals surface area contributed by atoms with Crippen LogP contribution in [0.15, 0.2) is 11.6 Å². The van der Waals surface area contributed by atoms with Gasteiger partial charge in [-0.2, -0.15) is 0 Å². The Balaban J connectivity index is 0.00000119. The van der Waals surface area contributed by atoms with Crippen molar-refractivity contribution < 1.29 is 19.4 Å². The number of fused-ring (bicyclic) bond motifs is 5. The lowest BCUT2D eigenvalue weighted by molar-refractivity contribution is -0.150. The van der Waals surface area contributed by atoms with Crippen molar-refractivity contribution in [3.8, 4) is 0 Å². The highest BCUT2D eigenvalue weighted by Gasteiger charge is 2.59. The summed E-state index contributed by atoms with van der Waals surface area (Å²) in [6.45, 7) is 17.2. The highest BCUT2D eigenvalue weighted by Crippen LogP contribution is 2.67. The number of esters is 1. The molecule has 0 spiro atoms. The van der Waals surface area contributed by atoms with Gasteiger partial charge < -0.3 is 26.2 Å². The third kappa shape index (κ3) is 9.53. The molecular formula is C36H65N3O4. The van der Waals surface area contributed by atoms with Gasteiger partial charge in [-0.1, -0.05) is 65.5 Å². The number of carbonyl (C=O) groups is 2. The summed E-state index contributed by atoms with van der Waals surface area (Å²) in [4.78, 5) is 21.5. The Kier molecular flexibility index (Phi) is 14.0. The number of nitrogens with two attached hydrogens (primary N) is 1. The molecule has 7 nitrogen and oxygen atoms in total. The van der Waals surface area contributed by atoms with Crippen LogP contribution >= 0.6 is 0 Å². The lowest BCUT2D eigenvalue weighted by Gasteiger charge is -2.58. The quantitative estimate of drug-likeness (QED) is 0.101. The number of rotatable bonds is 14. The molecule has 0 bridgehead atoms. The summed E-state index contributed by atoms with van der Waals surface area (Å²) in [6.07, 6.45) is 18.0. The van der Waals surface area contributed by atoms with Crippen LogP contribution in [0, 0.1) is 46.3 Å². The monoisotopic (exact) mass is 603 g/mol. The average molecular weight is 604 g/mol. The molecule has 3 fully saturated rings. The first kappa shape index (κ1) is 36.0. The van der Waals surface area contributed by atoms with Crippen molar-refractivity contribution in [2.75, 3.05) is 32.7 Å². The SMILES string of the molecule is CC(=O)O.CC(C)CCC[C@@H](C)[C@H]1CCC2C3CC=C4CC(OC(=O)CNCCCNCCN)CC[C@]4(C)C3CC[C@@]21C. The zero-order valence-electron chi connectivity index (χ0n) is 28.4. The Morgan fingerprint density at radius 3 is 2.42 bits per heavy atom. The van der Waals surface area contributed by atoms with Crippen molar-refractivity contribution in [1.82, 2.24) is 10.6 Å². The van der Waals surface area contributed by atoms with Crippen LogP contribution in [0.1, 0.15) is 119 Å². The van der Waals surface area contributed by atoms with Crippen molar-refractivity contribution in [2.45, 2.75) is 125 Å². The number of hydrogen-bond acceptors (Lipinski definition) is 6. The van der Waals surface area contributed by atoms with E-state index in [0.29, 0.717) is 23.9 Å². The standard InChI is InChI=1S/C34H61N3O2.C2H4O2/c1-24(2)8-6-9-25(3)29-12-13-30-28-11-10-26-22-27(39-32(38)23-37-20-7-19-36-21-18-35)14-16-33(26,4)31(28)15-17-34(29,30)5;1-2(3)4/h10,24-25,27-31,36-37H,6-9,11-23,35H2,1-5H3;1H3,(H,3,4)/t25-,27?,28?,29-,30?,31?,33+,34-;/m1./s1. The molecule has 4 unspecified atom stereocenters. The second-order valence-corrected chi connectivity index (χ2v) is 15.2. The predicted octanol–water partition coefficient (Wildman–Crippen LogP) is 6.56. The summed E-state index contributed by atoms with van der Waals surface area (Å²) in [5.41, 5.74) is 7.95. The molecule has 4 aliphatic rings. The van der Waals surface area contributed by atoms with E-state index in [-0.39, 0.29) is 12.1 Å². The zero-order valence-corrected chi connectivity index (χ0v) is 28.4. The normalized spacial score (nSPS) is 33.8. The van der Waals surface area contributed by atoms with E-state index in [1.54, 1.807) is 5.57 Å². The van der Waals surface area contributed by atoms with Crippen molar-refractivity contribution in [3.63, 3.8) is 0 Å². The molecule has 4 aliphatic carbocycles. The van der Waals surface area contributed by atoms with Crippen molar-refractivity contribution >= 4 is 11.9 Å². The second kappa shape index (κ2) is 16.7. The minimum atomic E-state index is -0.833. The van der Waals surface area contributed by atoms with Crippen LogP contribution in [0.2, 0.25) is 0 Å². The van der Waals surface area contributed by atoms with Crippen molar-refractivity contribution in [3.05, 3.63) is 11.6 Å². The fraction of sp³-hybridized carbons (Fsp3) is 0.889. The predicted molar refractivity (Wildman–Crippen MR) is 176 cm³/mol. The molecule has 0 heterocycles. The molecule has 3 saturated carbocycles. The van der Waals surface area contributed by atoms with Crippen LogP contribution in [-0.2, 0) is 14.3 Å². The van der Waals surface area contributed by atoms with Gasteiger partial charge in [0.25, 0.3) is 5.97 Å². The molecule has 4 rings (SSSR count). The number of nitrogens with one attached hydrogen (secondary N) is 2. The van der Waals surface area contributed by atoms with Gasteiger partial charge in [0, 0.05) is 26.4 Å². The maximum absolute atomic E-state index is 12.5. The molecular weight excluding hydrogens is 538 g/mol. The summed E-state index contributed by atoms with van der Waals surface area (Å²) >= 11 is 0. The van der Waals surface area contributed by atoms with Crippen LogP contribution < -0.4 is 16.4 Å². The molecule has 0 aliphatic heterocycles. The lowest BCUT2D eigenvalue weighted by atomic mass is 9.47. The lowest BCUT2D eigenvalue weighted by Crippen LogP contribution is -2.51. The smallest absolute Gasteiger partial charge is 0.320 e. The van der Waals surface area contributed by atoms with Crippen molar-refractivity contribution in [1.29, 1.82) is 0 Å². The minimum absolute atomic E-state index is 0.0535. The topological polar surface area (TPSA) is 114 Å². The van der Waals surface area contributed by atoms with E-state index < -0.39 is 5.97 Å². The van der Waals surface area contributed by atoms with Gasteiger partial charge in [-0.3, -0.25) is 9.59 Å². The maximum Gasteiger partial charge on any atom is 0.320 e. The summed E-state index contributed by atoms with van der Waals surface area (Å²) in [6, 6.07) is 0. The molecule has 8 atom stereocenters. The molecule has 0 aromatic rings. The molecule has 5 N–H and O–H groups in total. The number of carboxylic acid groups (broad SMARTS) is 1. The Hall–Kier alpha value is -1.44. The summed E-state index contributed by atoms with van der Waals surface area (Å²) in [7, 11) is 0. The zero-order chi connectivity index (χ0) is 31.6. The van der Waals surface area contributed by atoms with Crippen LogP contribution in [0.4, 0.5) is 0 Å². The molecule has 0 amide bonds. The van der Waals surface area contributed by atoms with E-state index in [4.69, 9.17) is 20.4 Å². The Morgan fingerprint density at radius 2 is 1.72 bits per heavy atom. The fourth-order valence-electron chi connectivity index (χ4n) is 9.74. The highest BCUT2D eigenvalue weighted by molar-refractivity contribution is 5.71. The number of hydrogen-bond donors (Lipinski definition) is 4. The van der Waals surface area contributed by atoms with Gasteiger partial charge in [-0.15, -0.1) is 0 Å². The molecule has 0 radical (unpaired) electrons. The van der Waals surface area contributed by atoms with Gasteiger partial charge in [-0.05, 0) is 111 Å². The van der Waals surface area contributed by atoms with Gasteiger partial charge in [-0.25, -0.2) is 0 Å². The van der Waals surface area contributed by atoms with E-state index in [0.717, 1.165) is 81.3 Å². The first-order chi connectivity index (χ1) is 20.4. The van der Waals surface area contributed by atoms with E-state index in [1.807, 2.05) is 0 Å². The van der Waals surface area contributed by atoms with Crippen LogP contribution in [0.3, 0.4) is 0 Å². The highest BCUT2D eigenvalue weighted by atomic mass is 16.5. The molecule has 43 heavy (non-hydrogen) atoms. The third-order valence-electron chi connectivity index (χ3n) is 11.9. The number of ether oxygens (including phenoxy) is 1. The van der Waals surface area contributed by atoms with E-state index in [9.17, 15) is 4.79 Å². The fourth-order valence-corrected chi connectivity index (χ4v) is 9.74. The summed E-state index contributed by atoms with van der Waals surface area (Å²) in [5, 5.41) is 13.9. The van der Waals surface area contributed by atoms with Gasteiger partial charge in [0.1, 0.15) is 6.10 Å². The maximum atomic E-state index is 12.5. The molecule has 248 valence electrons. The summed E-state index contributed by atoms with van der Waals surface area (Å²) < 4.78 is 5.96. The van der Waals surface area contributed by atoms with E-state index in [2.05, 4.69) is 51.3 Å². The second-order valence-electron chi connectivity index (χ2n) is 15.2. The number of carboxylic acids is 1. The number of aliphatic carboxylic acids is 1. The van der Waals surface area contributed by atoms with Crippen molar-refractivity contribution in [2.24, 2.45) is 52.1 Å². The Labute approximate surface area is 262 Å². The molecule has 7 heteroatoms. The van der Waals surface area contributed by atoms with Gasteiger partial charge in [0.2, 0.25) is 0 Å².